The van der Waals surface area contributed by atoms with Gasteiger partial charge in [0.15, 0.2) is 0 Å². The minimum atomic E-state index is 0.981. The van der Waals surface area contributed by atoms with Crippen molar-refractivity contribution in [1.82, 2.24) is 0 Å². The molecular weight excluding hydrogens is 218 g/mol. The van der Waals surface area contributed by atoms with Gasteiger partial charge < -0.3 is 4.48 Å². The standard InChI is InChI=1S/C17H26N/c1-3-16-11-14-18(2,15-12-16)13-7-10-17-8-5-4-6-9-17/h4-10,16H,3,11-15H2,1-2H3/q+1/b10-7+. The first kappa shape index (κ1) is 13.4. The second-order valence-electron chi connectivity index (χ2n) is 5.91. The average molecular weight is 244 g/mol. The molecule has 1 aliphatic rings. The molecule has 0 amide bonds. The minimum Gasteiger partial charge on any atom is -0.323 e. The van der Waals surface area contributed by atoms with Crippen LogP contribution in [0.25, 0.3) is 6.08 Å². The summed E-state index contributed by atoms with van der Waals surface area (Å²) in [6.45, 7) is 6.19. The van der Waals surface area contributed by atoms with Crippen molar-refractivity contribution < 1.29 is 4.48 Å². The van der Waals surface area contributed by atoms with Gasteiger partial charge >= 0.3 is 0 Å². The number of quaternary nitrogens is 1. The number of rotatable bonds is 4. The van der Waals surface area contributed by atoms with Crippen molar-refractivity contribution in [2.24, 2.45) is 5.92 Å². The fraction of sp³-hybridized carbons (Fsp3) is 0.529. The Morgan fingerprint density at radius 3 is 2.44 bits per heavy atom. The van der Waals surface area contributed by atoms with Gasteiger partial charge in [0.2, 0.25) is 0 Å². The molecule has 1 fully saturated rings. The van der Waals surface area contributed by atoms with Crippen LogP contribution in [0.3, 0.4) is 0 Å². The Hall–Kier alpha value is -1.08. The van der Waals surface area contributed by atoms with E-state index in [0.717, 1.165) is 5.92 Å². The van der Waals surface area contributed by atoms with E-state index in [9.17, 15) is 0 Å². The third-order valence-corrected chi connectivity index (χ3v) is 4.39. The fourth-order valence-corrected chi connectivity index (χ4v) is 2.84. The van der Waals surface area contributed by atoms with Gasteiger partial charge in [0, 0.05) is 0 Å². The zero-order valence-electron chi connectivity index (χ0n) is 11.8. The number of nitrogens with zero attached hydrogens (tertiary/aromatic N) is 1. The summed E-state index contributed by atoms with van der Waals surface area (Å²) in [4.78, 5) is 0. The maximum atomic E-state index is 2.40. The summed E-state index contributed by atoms with van der Waals surface area (Å²) in [5, 5.41) is 0. The zero-order valence-corrected chi connectivity index (χ0v) is 11.8. The molecule has 0 atom stereocenters. The summed E-state index contributed by atoms with van der Waals surface area (Å²) in [7, 11) is 2.40. The van der Waals surface area contributed by atoms with Crippen LogP contribution in [0.5, 0.6) is 0 Å². The summed E-state index contributed by atoms with van der Waals surface area (Å²) in [6.07, 6.45) is 8.79. The average Bonchev–Trinajstić information content (AvgIpc) is 2.41. The highest BCUT2D eigenvalue weighted by atomic mass is 15.3. The lowest BCUT2D eigenvalue weighted by molar-refractivity contribution is -0.909. The van der Waals surface area contributed by atoms with E-state index in [-0.39, 0.29) is 0 Å². The number of piperidine rings is 1. The van der Waals surface area contributed by atoms with Crippen molar-refractivity contribution in [2.75, 3.05) is 26.7 Å². The highest BCUT2D eigenvalue weighted by Crippen LogP contribution is 2.24. The topological polar surface area (TPSA) is 0 Å². The van der Waals surface area contributed by atoms with E-state index in [1.54, 1.807) is 0 Å². The van der Waals surface area contributed by atoms with Crippen LogP contribution in [-0.4, -0.2) is 31.2 Å². The molecule has 2 rings (SSSR count). The molecule has 0 N–H and O–H groups in total. The molecule has 0 spiro atoms. The first-order chi connectivity index (χ1) is 8.72. The van der Waals surface area contributed by atoms with Crippen LogP contribution in [0.15, 0.2) is 36.4 Å². The van der Waals surface area contributed by atoms with Gasteiger partial charge in [-0.15, -0.1) is 0 Å². The molecule has 1 aromatic rings. The molecule has 0 radical (unpaired) electrons. The summed E-state index contributed by atoms with van der Waals surface area (Å²) in [6, 6.07) is 10.6. The molecule has 0 saturated carbocycles. The number of likely N-dealkylation sites (tertiary alicyclic amines) is 1. The van der Waals surface area contributed by atoms with Gasteiger partial charge in [0.05, 0.1) is 26.7 Å². The van der Waals surface area contributed by atoms with Crippen LogP contribution in [0.2, 0.25) is 0 Å². The van der Waals surface area contributed by atoms with Crippen molar-refractivity contribution in [1.29, 1.82) is 0 Å². The van der Waals surface area contributed by atoms with Crippen molar-refractivity contribution >= 4 is 6.08 Å². The molecule has 0 unspecified atom stereocenters. The van der Waals surface area contributed by atoms with Gasteiger partial charge in [-0.2, -0.15) is 0 Å². The molecule has 1 heterocycles. The Kier molecular flexibility index (Phi) is 4.60. The lowest BCUT2D eigenvalue weighted by Crippen LogP contribution is -2.49. The van der Waals surface area contributed by atoms with Gasteiger partial charge in [-0.05, 0) is 30.4 Å². The Labute approximate surface area is 112 Å². The van der Waals surface area contributed by atoms with E-state index in [4.69, 9.17) is 0 Å². The zero-order chi connectivity index (χ0) is 12.8. The van der Waals surface area contributed by atoms with Crippen LogP contribution in [-0.2, 0) is 0 Å². The van der Waals surface area contributed by atoms with Crippen molar-refractivity contribution in [3.05, 3.63) is 42.0 Å². The molecule has 1 saturated heterocycles. The van der Waals surface area contributed by atoms with Crippen LogP contribution in [0, 0.1) is 5.92 Å². The summed E-state index contributed by atoms with van der Waals surface area (Å²) in [5.74, 6) is 0.981. The highest BCUT2D eigenvalue weighted by molar-refractivity contribution is 5.48. The van der Waals surface area contributed by atoms with E-state index in [1.807, 2.05) is 0 Å². The van der Waals surface area contributed by atoms with Crippen molar-refractivity contribution in [3.63, 3.8) is 0 Å². The second kappa shape index (κ2) is 6.19. The first-order valence-electron chi connectivity index (χ1n) is 7.27. The quantitative estimate of drug-likeness (QED) is 0.703. The third-order valence-electron chi connectivity index (χ3n) is 4.39. The van der Waals surface area contributed by atoms with Crippen LogP contribution in [0.4, 0.5) is 0 Å². The molecule has 1 heteroatoms. The normalized spacial score (nSPS) is 28.7. The maximum absolute atomic E-state index is 2.40. The Bertz CT molecular complexity index is 372. The molecule has 0 bridgehead atoms. The van der Waals surface area contributed by atoms with E-state index in [2.05, 4.69) is 56.5 Å². The number of likely N-dealkylation sites (N-methyl/N-ethyl adjacent to an activating group) is 1. The number of benzene rings is 1. The van der Waals surface area contributed by atoms with Crippen LogP contribution >= 0.6 is 0 Å². The van der Waals surface area contributed by atoms with Gasteiger partial charge in [-0.25, -0.2) is 0 Å². The fourth-order valence-electron chi connectivity index (χ4n) is 2.84. The molecule has 18 heavy (non-hydrogen) atoms. The van der Waals surface area contributed by atoms with E-state index >= 15 is 0 Å². The molecule has 1 aromatic carbocycles. The van der Waals surface area contributed by atoms with Gasteiger partial charge in [0.25, 0.3) is 0 Å². The van der Waals surface area contributed by atoms with Crippen LogP contribution < -0.4 is 0 Å². The minimum absolute atomic E-state index is 0.981. The molecule has 0 aromatic heterocycles. The summed E-state index contributed by atoms with van der Waals surface area (Å²) >= 11 is 0. The lowest BCUT2D eigenvalue weighted by atomic mass is 9.93. The predicted octanol–water partition coefficient (Wildman–Crippen LogP) is 3.97. The van der Waals surface area contributed by atoms with Gasteiger partial charge in [-0.1, -0.05) is 49.8 Å². The molecule has 1 nitrogen and oxygen atoms in total. The third kappa shape index (κ3) is 3.71. The molecule has 98 valence electrons. The maximum Gasteiger partial charge on any atom is 0.0974 e. The SMILES string of the molecule is CCC1CC[N+](C)(C/C=C/c2ccccc2)CC1. The smallest absolute Gasteiger partial charge is 0.0974 e. The largest absolute Gasteiger partial charge is 0.323 e. The van der Waals surface area contributed by atoms with Crippen LogP contribution in [0.1, 0.15) is 31.7 Å². The lowest BCUT2D eigenvalue weighted by Gasteiger charge is -2.39. The number of hydrogen-bond donors (Lipinski definition) is 0. The van der Waals surface area contributed by atoms with Crippen molar-refractivity contribution in [3.8, 4) is 0 Å². The van der Waals surface area contributed by atoms with Gasteiger partial charge in [0.1, 0.15) is 0 Å². The van der Waals surface area contributed by atoms with E-state index in [1.165, 1.54) is 48.9 Å². The summed E-state index contributed by atoms with van der Waals surface area (Å²) < 4.78 is 1.22. The predicted molar refractivity (Wildman–Crippen MR) is 79.3 cm³/mol. The molecule has 0 aliphatic carbocycles. The van der Waals surface area contributed by atoms with E-state index in [0.29, 0.717) is 0 Å². The Balaban J connectivity index is 1.85. The van der Waals surface area contributed by atoms with Crippen molar-refractivity contribution in [2.45, 2.75) is 26.2 Å². The summed E-state index contributed by atoms with van der Waals surface area (Å²) in [5.41, 5.74) is 1.31. The van der Waals surface area contributed by atoms with Gasteiger partial charge in [-0.3, -0.25) is 0 Å². The first-order valence-corrected chi connectivity index (χ1v) is 7.27. The highest BCUT2D eigenvalue weighted by Gasteiger charge is 2.27. The second-order valence-corrected chi connectivity index (χ2v) is 5.91. The monoisotopic (exact) mass is 244 g/mol. The molecule has 1 aliphatic heterocycles. The molecular formula is C17H26N+. The Morgan fingerprint density at radius 1 is 1.17 bits per heavy atom. The van der Waals surface area contributed by atoms with E-state index < -0.39 is 0 Å². The Morgan fingerprint density at radius 2 is 1.83 bits per heavy atom. The number of hydrogen-bond acceptors (Lipinski definition) is 0.